The number of nitrogens with zero attached hydrogens (tertiary/aromatic N) is 4. The van der Waals surface area contributed by atoms with Crippen molar-refractivity contribution < 1.29 is 27.5 Å². The van der Waals surface area contributed by atoms with Gasteiger partial charge in [-0.1, -0.05) is 0 Å². The van der Waals surface area contributed by atoms with Crippen molar-refractivity contribution >= 4 is 23.4 Å². The van der Waals surface area contributed by atoms with Crippen LogP contribution in [0.1, 0.15) is 6.42 Å². The number of rotatable bonds is 5. The standard InChI is InChI=1S/C19H24F3N5O3/c20-15-10-13(27-12-14(30-19(27)29)11-23-18(28)17(21)22)2-3-16(15)24-6-8-25-4-1-5-26(25)9-7-24/h2-3,10,14,17H,1,4-9,11-12H2,(H,23,28). The van der Waals surface area contributed by atoms with Gasteiger partial charge in [0.2, 0.25) is 0 Å². The van der Waals surface area contributed by atoms with Crippen LogP contribution in [0, 0.1) is 5.82 Å². The maximum Gasteiger partial charge on any atom is 0.414 e. The summed E-state index contributed by atoms with van der Waals surface area (Å²) in [6, 6.07) is 4.57. The van der Waals surface area contributed by atoms with Gasteiger partial charge in [0, 0.05) is 39.3 Å². The highest BCUT2D eigenvalue weighted by molar-refractivity contribution is 5.90. The molecular weight excluding hydrogens is 403 g/mol. The number of amides is 2. The van der Waals surface area contributed by atoms with Gasteiger partial charge in [0.15, 0.2) is 0 Å². The number of fused-ring (bicyclic) bond motifs is 1. The molecule has 1 aromatic carbocycles. The summed E-state index contributed by atoms with van der Waals surface area (Å²) in [6.45, 7) is 4.98. The molecule has 1 aromatic rings. The highest BCUT2D eigenvalue weighted by Crippen LogP contribution is 2.29. The van der Waals surface area contributed by atoms with Crippen molar-refractivity contribution in [1.82, 2.24) is 15.3 Å². The molecule has 0 radical (unpaired) electrons. The van der Waals surface area contributed by atoms with E-state index >= 15 is 0 Å². The summed E-state index contributed by atoms with van der Waals surface area (Å²) < 4.78 is 44.5. The summed E-state index contributed by atoms with van der Waals surface area (Å²) in [5.41, 5.74) is 0.803. The molecule has 4 rings (SSSR count). The van der Waals surface area contributed by atoms with E-state index in [1.165, 1.54) is 11.0 Å². The second-order valence-corrected chi connectivity index (χ2v) is 7.55. The lowest BCUT2D eigenvalue weighted by molar-refractivity contribution is -0.132. The number of anilines is 2. The van der Waals surface area contributed by atoms with Crippen molar-refractivity contribution in [2.75, 3.05) is 62.2 Å². The molecule has 164 valence electrons. The molecule has 2 amide bonds. The van der Waals surface area contributed by atoms with Crippen LogP contribution in [-0.2, 0) is 9.53 Å². The molecule has 0 saturated carbocycles. The van der Waals surface area contributed by atoms with Crippen molar-refractivity contribution in [3.63, 3.8) is 0 Å². The van der Waals surface area contributed by atoms with Crippen LogP contribution < -0.4 is 15.1 Å². The van der Waals surface area contributed by atoms with E-state index in [0.29, 0.717) is 24.5 Å². The molecule has 3 heterocycles. The lowest BCUT2D eigenvalue weighted by Gasteiger charge is -2.24. The number of carbonyl (C=O) groups excluding carboxylic acids is 2. The number of alkyl halides is 2. The molecule has 1 unspecified atom stereocenters. The molecule has 0 aromatic heterocycles. The van der Waals surface area contributed by atoms with E-state index in [-0.39, 0.29) is 13.1 Å². The fourth-order valence-corrected chi connectivity index (χ4v) is 4.10. The molecule has 11 heteroatoms. The van der Waals surface area contributed by atoms with Crippen LogP contribution in [0.3, 0.4) is 0 Å². The second kappa shape index (κ2) is 8.68. The molecule has 0 spiro atoms. The molecule has 1 N–H and O–H groups in total. The average Bonchev–Trinajstić information content (AvgIpc) is 3.27. The largest absolute Gasteiger partial charge is 0.442 e. The molecule has 3 fully saturated rings. The quantitative estimate of drug-likeness (QED) is 0.764. The van der Waals surface area contributed by atoms with E-state index in [0.717, 1.165) is 32.6 Å². The Labute approximate surface area is 172 Å². The van der Waals surface area contributed by atoms with Crippen LogP contribution in [0.15, 0.2) is 18.2 Å². The number of benzene rings is 1. The fraction of sp³-hybridized carbons (Fsp3) is 0.579. The molecule has 0 bridgehead atoms. The van der Waals surface area contributed by atoms with E-state index in [9.17, 15) is 22.8 Å². The molecule has 1 atom stereocenters. The zero-order valence-corrected chi connectivity index (χ0v) is 16.4. The fourth-order valence-electron chi connectivity index (χ4n) is 4.10. The number of hydrogen-bond donors (Lipinski definition) is 1. The van der Waals surface area contributed by atoms with Crippen LogP contribution in [0.25, 0.3) is 0 Å². The molecular formula is C19H24F3N5O3. The Morgan fingerprint density at radius 3 is 2.47 bits per heavy atom. The Hall–Kier alpha value is -2.53. The number of hydrazine groups is 1. The minimum Gasteiger partial charge on any atom is -0.442 e. The average molecular weight is 427 g/mol. The van der Waals surface area contributed by atoms with Gasteiger partial charge in [-0.15, -0.1) is 0 Å². The molecule has 3 aliphatic rings. The Morgan fingerprint density at radius 2 is 1.83 bits per heavy atom. The Kier molecular flexibility index (Phi) is 6.00. The second-order valence-electron chi connectivity index (χ2n) is 7.55. The Bertz CT molecular complexity index is 798. The third-order valence-electron chi connectivity index (χ3n) is 5.65. The first-order valence-electron chi connectivity index (χ1n) is 10.0. The maximum atomic E-state index is 14.9. The van der Waals surface area contributed by atoms with Gasteiger partial charge in [0.05, 0.1) is 24.5 Å². The summed E-state index contributed by atoms with van der Waals surface area (Å²) in [7, 11) is 0. The molecule has 3 aliphatic heterocycles. The third kappa shape index (κ3) is 4.31. The summed E-state index contributed by atoms with van der Waals surface area (Å²) in [5, 5.41) is 6.63. The van der Waals surface area contributed by atoms with Gasteiger partial charge in [-0.3, -0.25) is 9.69 Å². The number of carbonyl (C=O) groups is 2. The van der Waals surface area contributed by atoms with Gasteiger partial charge in [-0.05, 0) is 24.6 Å². The van der Waals surface area contributed by atoms with Gasteiger partial charge >= 0.3 is 12.5 Å². The first-order chi connectivity index (χ1) is 14.4. The van der Waals surface area contributed by atoms with Crippen molar-refractivity contribution in [2.45, 2.75) is 19.0 Å². The number of hydrogen-bond acceptors (Lipinski definition) is 6. The number of halogens is 3. The molecule has 3 saturated heterocycles. The van der Waals surface area contributed by atoms with E-state index in [1.54, 1.807) is 12.1 Å². The monoisotopic (exact) mass is 427 g/mol. The zero-order chi connectivity index (χ0) is 21.3. The minimum atomic E-state index is -3.13. The summed E-state index contributed by atoms with van der Waals surface area (Å²) in [6.07, 6.45) is -3.47. The lowest BCUT2D eigenvalue weighted by atomic mass is 10.2. The third-order valence-corrected chi connectivity index (χ3v) is 5.65. The zero-order valence-electron chi connectivity index (χ0n) is 16.4. The molecule has 30 heavy (non-hydrogen) atoms. The Morgan fingerprint density at radius 1 is 1.13 bits per heavy atom. The summed E-state index contributed by atoms with van der Waals surface area (Å²) >= 11 is 0. The first-order valence-corrected chi connectivity index (χ1v) is 10.0. The highest BCUT2D eigenvalue weighted by atomic mass is 19.3. The number of cyclic esters (lactones) is 1. The van der Waals surface area contributed by atoms with Gasteiger partial charge in [-0.2, -0.15) is 8.78 Å². The highest BCUT2D eigenvalue weighted by Gasteiger charge is 2.34. The number of ether oxygens (including phenoxy) is 1. The minimum absolute atomic E-state index is 0.0365. The van der Waals surface area contributed by atoms with Crippen LogP contribution in [0.5, 0.6) is 0 Å². The van der Waals surface area contributed by atoms with Crippen molar-refractivity contribution in [3.8, 4) is 0 Å². The first kappa shape index (κ1) is 20.7. The smallest absolute Gasteiger partial charge is 0.414 e. The van der Waals surface area contributed by atoms with E-state index in [2.05, 4.69) is 10.0 Å². The van der Waals surface area contributed by atoms with Crippen LogP contribution in [0.4, 0.5) is 29.3 Å². The van der Waals surface area contributed by atoms with Crippen LogP contribution in [-0.4, -0.2) is 86.9 Å². The SMILES string of the molecule is O=C(NCC1CN(c2ccc(N3CCN4CCCN4CC3)c(F)c2)C(=O)O1)C(F)F. The van der Waals surface area contributed by atoms with Crippen LogP contribution in [0.2, 0.25) is 0 Å². The molecule has 8 nitrogen and oxygen atoms in total. The van der Waals surface area contributed by atoms with Gasteiger partial charge < -0.3 is 15.0 Å². The lowest BCUT2D eigenvalue weighted by Crippen LogP contribution is -2.37. The normalized spacial score (nSPS) is 22.9. The predicted octanol–water partition coefficient (Wildman–Crippen LogP) is 1.27. The van der Waals surface area contributed by atoms with Gasteiger partial charge in [-0.25, -0.2) is 19.2 Å². The van der Waals surface area contributed by atoms with Crippen molar-refractivity contribution in [3.05, 3.63) is 24.0 Å². The summed E-state index contributed by atoms with van der Waals surface area (Å²) in [5.74, 6) is -1.86. The number of nitrogens with one attached hydrogen (secondary N) is 1. The van der Waals surface area contributed by atoms with Gasteiger partial charge in [0.25, 0.3) is 5.91 Å². The van der Waals surface area contributed by atoms with E-state index in [1.807, 2.05) is 10.2 Å². The van der Waals surface area contributed by atoms with E-state index < -0.39 is 30.3 Å². The summed E-state index contributed by atoms with van der Waals surface area (Å²) in [4.78, 5) is 26.3. The van der Waals surface area contributed by atoms with Gasteiger partial charge in [0.1, 0.15) is 11.9 Å². The predicted molar refractivity (Wildman–Crippen MR) is 103 cm³/mol. The van der Waals surface area contributed by atoms with Crippen LogP contribution >= 0.6 is 0 Å². The van der Waals surface area contributed by atoms with E-state index in [4.69, 9.17) is 4.74 Å². The topological polar surface area (TPSA) is 68.4 Å². The van der Waals surface area contributed by atoms with Crippen molar-refractivity contribution in [1.29, 1.82) is 0 Å². The maximum absolute atomic E-state index is 14.9. The van der Waals surface area contributed by atoms with Crippen molar-refractivity contribution in [2.24, 2.45) is 0 Å². The molecule has 0 aliphatic carbocycles. The Balaban J connectivity index is 1.39.